The number of unbranched alkanes of at least 4 members (excludes halogenated alkanes) is 5. The molecule has 0 saturated heterocycles. The van der Waals surface area contributed by atoms with Gasteiger partial charge in [-0.25, -0.2) is 9.78 Å². The molecule has 2 aliphatic rings. The van der Waals surface area contributed by atoms with Gasteiger partial charge in [-0.15, -0.1) is 0 Å². The minimum absolute atomic E-state index is 0.333. The SMILES string of the molecule is CCCCCCCCC(C1CCCCCCC1)C(OOCCC)(OOCCC)C1CCCCCCC1. The van der Waals surface area contributed by atoms with E-state index in [1.165, 1.54) is 116 Å². The summed E-state index contributed by atoms with van der Waals surface area (Å²) in [4.78, 5) is 25.1. The Labute approximate surface area is 224 Å². The lowest BCUT2D eigenvalue weighted by molar-refractivity contribution is -0.540. The Morgan fingerprint density at radius 3 is 1.56 bits per heavy atom. The summed E-state index contributed by atoms with van der Waals surface area (Å²) < 4.78 is 0. The van der Waals surface area contributed by atoms with Crippen molar-refractivity contribution in [1.29, 1.82) is 0 Å². The van der Waals surface area contributed by atoms with Gasteiger partial charge in [0.05, 0.1) is 13.2 Å². The summed E-state index contributed by atoms with van der Waals surface area (Å²) in [6.07, 6.45) is 29.3. The van der Waals surface area contributed by atoms with Gasteiger partial charge in [-0.2, -0.15) is 9.78 Å². The monoisotopic (exact) mass is 510 g/mol. The quantitative estimate of drug-likeness (QED) is 0.0795. The van der Waals surface area contributed by atoms with Gasteiger partial charge in [0.1, 0.15) is 0 Å². The average Bonchev–Trinajstić information content (AvgIpc) is 2.84. The van der Waals surface area contributed by atoms with Crippen LogP contribution < -0.4 is 0 Å². The first-order valence-electron chi connectivity index (χ1n) is 16.4. The van der Waals surface area contributed by atoms with Crippen molar-refractivity contribution < 1.29 is 19.6 Å². The molecule has 0 spiro atoms. The van der Waals surface area contributed by atoms with Crippen LogP contribution >= 0.6 is 0 Å². The van der Waals surface area contributed by atoms with Crippen LogP contribution in [0.15, 0.2) is 0 Å². The van der Waals surface area contributed by atoms with Gasteiger partial charge in [0.2, 0.25) is 5.79 Å². The second kappa shape index (κ2) is 20.8. The maximum atomic E-state index is 6.59. The topological polar surface area (TPSA) is 36.9 Å². The van der Waals surface area contributed by atoms with Crippen LogP contribution in [-0.2, 0) is 19.6 Å². The molecule has 0 heterocycles. The molecule has 2 fully saturated rings. The number of rotatable bonds is 18. The normalized spacial score (nSPS) is 20.4. The van der Waals surface area contributed by atoms with E-state index in [1.54, 1.807) is 0 Å². The molecule has 0 aromatic rings. The second-order valence-electron chi connectivity index (χ2n) is 11.8. The molecule has 0 aromatic carbocycles. The maximum Gasteiger partial charge on any atom is 0.239 e. The highest BCUT2D eigenvalue weighted by Gasteiger charge is 2.52. The third-order valence-electron chi connectivity index (χ3n) is 8.73. The van der Waals surface area contributed by atoms with Gasteiger partial charge < -0.3 is 0 Å². The van der Waals surface area contributed by atoms with E-state index in [2.05, 4.69) is 20.8 Å². The Bertz CT molecular complexity index is 471. The molecule has 4 nitrogen and oxygen atoms in total. The third kappa shape index (κ3) is 11.7. The molecule has 2 aliphatic carbocycles. The molecule has 1 atom stereocenters. The fraction of sp³-hybridized carbons (Fsp3) is 1.00. The first-order valence-corrected chi connectivity index (χ1v) is 16.4. The van der Waals surface area contributed by atoms with E-state index in [1.807, 2.05) is 0 Å². The van der Waals surface area contributed by atoms with Crippen LogP contribution in [0.4, 0.5) is 0 Å². The highest BCUT2D eigenvalue weighted by molar-refractivity contribution is 4.90. The van der Waals surface area contributed by atoms with Gasteiger partial charge in [-0.3, -0.25) is 0 Å². The van der Waals surface area contributed by atoms with E-state index in [4.69, 9.17) is 19.6 Å². The summed E-state index contributed by atoms with van der Waals surface area (Å²) in [7, 11) is 0. The van der Waals surface area contributed by atoms with Crippen molar-refractivity contribution in [2.75, 3.05) is 13.2 Å². The first kappa shape index (κ1) is 32.1. The fourth-order valence-corrected chi connectivity index (χ4v) is 6.67. The van der Waals surface area contributed by atoms with Gasteiger partial charge in [0.15, 0.2) is 0 Å². The molecular formula is C32H62O4. The van der Waals surface area contributed by atoms with Crippen molar-refractivity contribution in [2.45, 2.75) is 174 Å². The third-order valence-corrected chi connectivity index (χ3v) is 8.73. The van der Waals surface area contributed by atoms with Gasteiger partial charge >= 0.3 is 0 Å². The van der Waals surface area contributed by atoms with Crippen LogP contribution in [0.5, 0.6) is 0 Å². The summed E-state index contributed by atoms with van der Waals surface area (Å²) >= 11 is 0. The van der Waals surface area contributed by atoms with Crippen LogP contribution in [0.1, 0.15) is 168 Å². The Morgan fingerprint density at radius 1 is 0.556 bits per heavy atom. The zero-order valence-electron chi connectivity index (χ0n) is 24.5. The molecular weight excluding hydrogens is 448 g/mol. The molecule has 0 aliphatic heterocycles. The second-order valence-corrected chi connectivity index (χ2v) is 11.8. The molecule has 2 rings (SSSR count). The van der Waals surface area contributed by atoms with Crippen LogP contribution in [0.2, 0.25) is 0 Å². The summed E-state index contributed by atoms with van der Waals surface area (Å²) in [6, 6.07) is 0. The first-order chi connectivity index (χ1) is 17.8. The van der Waals surface area contributed by atoms with E-state index in [0.717, 1.165) is 32.1 Å². The van der Waals surface area contributed by atoms with Crippen LogP contribution in [0.3, 0.4) is 0 Å². The van der Waals surface area contributed by atoms with Crippen molar-refractivity contribution in [3.63, 3.8) is 0 Å². The lowest BCUT2D eigenvalue weighted by Crippen LogP contribution is -2.53. The number of hydrogen-bond donors (Lipinski definition) is 0. The van der Waals surface area contributed by atoms with Crippen LogP contribution in [0, 0.1) is 17.8 Å². The van der Waals surface area contributed by atoms with Crippen molar-refractivity contribution in [2.24, 2.45) is 17.8 Å². The van der Waals surface area contributed by atoms with Gasteiger partial charge in [0.25, 0.3) is 0 Å². The summed E-state index contributed by atoms with van der Waals surface area (Å²) in [6.45, 7) is 7.82. The van der Waals surface area contributed by atoms with Crippen molar-refractivity contribution in [3.05, 3.63) is 0 Å². The molecule has 0 amide bonds. The van der Waals surface area contributed by atoms with Gasteiger partial charge in [-0.05, 0) is 50.9 Å². The number of hydrogen-bond acceptors (Lipinski definition) is 4. The van der Waals surface area contributed by atoms with Gasteiger partial charge in [-0.1, -0.05) is 124 Å². The van der Waals surface area contributed by atoms with E-state index in [9.17, 15) is 0 Å². The molecule has 0 bridgehead atoms. The minimum Gasteiger partial charge on any atom is -0.234 e. The molecule has 0 N–H and O–H groups in total. The molecule has 36 heavy (non-hydrogen) atoms. The Kier molecular flexibility index (Phi) is 18.5. The molecule has 1 unspecified atom stereocenters. The van der Waals surface area contributed by atoms with Crippen molar-refractivity contribution in [1.82, 2.24) is 0 Å². The summed E-state index contributed by atoms with van der Waals surface area (Å²) in [5, 5.41) is 0. The fourth-order valence-electron chi connectivity index (χ4n) is 6.67. The highest BCUT2D eigenvalue weighted by Crippen LogP contribution is 2.48. The zero-order chi connectivity index (χ0) is 25.7. The predicted molar refractivity (Wildman–Crippen MR) is 150 cm³/mol. The average molecular weight is 511 g/mol. The molecule has 0 aromatic heterocycles. The standard InChI is InChI=1S/C32H62O4/c1-4-7-8-9-16-21-26-31(29-22-17-12-10-13-18-23-29)32(35-33-27-5-2,36-34-28-6-3)30-24-19-14-11-15-20-25-30/h29-31H,4-28H2,1-3H3. The molecule has 4 heteroatoms. The minimum atomic E-state index is -0.783. The van der Waals surface area contributed by atoms with Crippen molar-refractivity contribution >= 4 is 0 Å². The van der Waals surface area contributed by atoms with Crippen LogP contribution in [-0.4, -0.2) is 19.0 Å². The van der Waals surface area contributed by atoms with E-state index in [0.29, 0.717) is 31.0 Å². The maximum absolute atomic E-state index is 6.59. The molecule has 214 valence electrons. The Hall–Kier alpha value is -0.160. The van der Waals surface area contributed by atoms with Gasteiger partial charge in [0, 0.05) is 11.8 Å². The lowest BCUT2D eigenvalue weighted by Gasteiger charge is -2.47. The van der Waals surface area contributed by atoms with Crippen LogP contribution in [0.25, 0.3) is 0 Å². The predicted octanol–water partition coefficient (Wildman–Crippen LogP) is 10.5. The zero-order valence-corrected chi connectivity index (χ0v) is 24.5. The Morgan fingerprint density at radius 2 is 1.03 bits per heavy atom. The van der Waals surface area contributed by atoms with Crippen molar-refractivity contribution in [3.8, 4) is 0 Å². The Balaban J connectivity index is 2.34. The molecule has 0 radical (unpaired) electrons. The van der Waals surface area contributed by atoms with E-state index >= 15 is 0 Å². The summed E-state index contributed by atoms with van der Waals surface area (Å²) in [5.41, 5.74) is 0. The highest BCUT2D eigenvalue weighted by atomic mass is 17.3. The van der Waals surface area contributed by atoms with E-state index < -0.39 is 5.79 Å². The largest absolute Gasteiger partial charge is 0.239 e. The smallest absolute Gasteiger partial charge is 0.234 e. The molecule has 2 saturated carbocycles. The summed E-state index contributed by atoms with van der Waals surface area (Å²) in [5.74, 6) is 0.512. The lowest BCUT2D eigenvalue weighted by atomic mass is 9.69. The van der Waals surface area contributed by atoms with E-state index in [-0.39, 0.29) is 0 Å².